The SMILES string of the molecule is CCc1ccc(F)cc1C1CC2CCC(CC2)N1c1cc(C)nc(N)n1. The number of benzene rings is 1. The van der Waals surface area contributed by atoms with Crippen LogP contribution < -0.4 is 10.6 Å². The summed E-state index contributed by atoms with van der Waals surface area (Å²) in [5.74, 6) is 1.74. The van der Waals surface area contributed by atoms with Gasteiger partial charge in [-0.15, -0.1) is 0 Å². The van der Waals surface area contributed by atoms with E-state index in [1.54, 1.807) is 12.1 Å². The van der Waals surface area contributed by atoms with Crippen molar-refractivity contribution in [3.8, 4) is 0 Å². The molecule has 2 aromatic rings. The van der Waals surface area contributed by atoms with E-state index in [9.17, 15) is 4.39 Å². The predicted octanol–water partition coefficient (Wildman–Crippen LogP) is 4.58. The summed E-state index contributed by atoms with van der Waals surface area (Å²) in [7, 11) is 0. The molecule has 2 aliphatic heterocycles. The van der Waals surface area contributed by atoms with Gasteiger partial charge in [0.05, 0.1) is 6.04 Å². The van der Waals surface area contributed by atoms with Gasteiger partial charge in [-0.2, -0.15) is 4.98 Å². The number of nitrogens with zero attached hydrogens (tertiary/aromatic N) is 3. The predicted molar refractivity (Wildman–Crippen MR) is 103 cm³/mol. The lowest BCUT2D eigenvalue weighted by molar-refractivity contribution is 0.351. The number of halogens is 1. The highest BCUT2D eigenvalue weighted by atomic mass is 19.1. The third-order valence-corrected chi connectivity index (χ3v) is 6.07. The maximum absolute atomic E-state index is 14.1. The minimum absolute atomic E-state index is 0.148. The van der Waals surface area contributed by atoms with Gasteiger partial charge in [0.2, 0.25) is 5.95 Å². The van der Waals surface area contributed by atoms with Crippen LogP contribution in [0.2, 0.25) is 0 Å². The lowest BCUT2D eigenvalue weighted by Gasteiger charge is -2.38. The molecule has 0 radical (unpaired) electrons. The Labute approximate surface area is 154 Å². The Balaban J connectivity index is 1.85. The zero-order chi connectivity index (χ0) is 18.3. The van der Waals surface area contributed by atoms with E-state index in [1.807, 2.05) is 19.1 Å². The van der Waals surface area contributed by atoms with Crippen molar-refractivity contribution in [2.75, 3.05) is 10.6 Å². The Bertz CT molecular complexity index is 778. The number of aryl methyl sites for hydroxylation is 2. The van der Waals surface area contributed by atoms with Gasteiger partial charge in [0.1, 0.15) is 11.6 Å². The first-order valence-electron chi connectivity index (χ1n) is 9.73. The van der Waals surface area contributed by atoms with E-state index < -0.39 is 0 Å². The molecule has 0 spiro atoms. The van der Waals surface area contributed by atoms with Crippen LogP contribution in [0.15, 0.2) is 24.3 Å². The summed E-state index contributed by atoms with van der Waals surface area (Å²) in [5, 5.41) is 0. The zero-order valence-electron chi connectivity index (χ0n) is 15.6. The molecule has 1 aliphatic carbocycles. The number of nitrogen functional groups attached to an aromatic ring is 1. The molecule has 0 amide bonds. The molecule has 3 heterocycles. The van der Waals surface area contributed by atoms with Crippen molar-refractivity contribution in [2.24, 2.45) is 5.92 Å². The minimum Gasteiger partial charge on any atom is -0.368 e. The lowest BCUT2D eigenvalue weighted by atomic mass is 9.84. The van der Waals surface area contributed by atoms with Crippen molar-refractivity contribution < 1.29 is 4.39 Å². The van der Waals surface area contributed by atoms with Gasteiger partial charge in [-0.1, -0.05) is 13.0 Å². The minimum atomic E-state index is -0.160. The van der Waals surface area contributed by atoms with Crippen LogP contribution in [0, 0.1) is 18.7 Å². The molecular formula is C21H27FN4. The summed E-state index contributed by atoms with van der Waals surface area (Å²) in [5.41, 5.74) is 9.17. The van der Waals surface area contributed by atoms with Crippen molar-refractivity contribution >= 4 is 11.8 Å². The molecule has 26 heavy (non-hydrogen) atoms. The molecule has 1 atom stereocenters. The van der Waals surface area contributed by atoms with Crippen molar-refractivity contribution in [3.63, 3.8) is 0 Å². The molecule has 4 nitrogen and oxygen atoms in total. The van der Waals surface area contributed by atoms with Crippen LogP contribution in [0.4, 0.5) is 16.2 Å². The zero-order valence-corrected chi connectivity index (χ0v) is 15.6. The first-order valence-corrected chi connectivity index (χ1v) is 9.73. The number of aromatic nitrogens is 2. The quantitative estimate of drug-likeness (QED) is 0.876. The van der Waals surface area contributed by atoms with Gasteiger partial charge in [-0.3, -0.25) is 0 Å². The number of anilines is 2. The number of fused-ring (bicyclic) bond motifs is 4. The fourth-order valence-corrected chi connectivity index (χ4v) is 4.87. The third kappa shape index (κ3) is 3.15. The molecular weight excluding hydrogens is 327 g/mol. The van der Waals surface area contributed by atoms with Crippen LogP contribution in [0.1, 0.15) is 61.9 Å². The first kappa shape index (κ1) is 17.3. The van der Waals surface area contributed by atoms with Gasteiger partial charge in [-0.25, -0.2) is 9.37 Å². The Morgan fingerprint density at radius 2 is 1.92 bits per heavy atom. The van der Waals surface area contributed by atoms with Crippen molar-refractivity contribution in [1.29, 1.82) is 0 Å². The van der Waals surface area contributed by atoms with Crippen molar-refractivity contribution in [1.82, 2.24) is 9.97 Å². The van der Waals surface area contributed by atoms with E-state index in [0.717, 1.165) is 29.9 Å². The second-order valence-electron chi connectivity index (χ2n) is 7.76. The van der Waals surface area contributed by atoms with E-state index >= 15 is 0 Å². The Morgan fingerprint density at radius 1 is 1.15 bits per heavy atom. The summed E-state index contributed by atoms with van der Waals surface area (Å²) in [6.45, 7) is 4.09. The largest absolute Gasteiger partial charge is 0.368 e. The second-order valence-corrected chi connectivity index (χ2v) is 7.76. The van der Waals surface area contributed by atoms with E-state index in [4.69, 9.17) is 5.73 Å². The van der Waals surface area contributed by atoms with Gasteiger partial charge in [-0.05, 0) is 74.6 Å². The average Bonchev–Trinajstić information content (AvgIpc) is 2.90. The fourth-order valence-electron chi connectivity index (χ4n) is 4.87. The molecule has 3 fully saturated rings. The van der Waals surface area contributed by atoms with Gasteiger partial charge in [0.15, 0.2) is 0 Å². The number of hydrogen-bond acceptors (Lipinski definition) is 4. The molecule has 5 rings (SSSR count). The number of nitrogens with two attached hydrogens (primary N) is 1. The summed E-state index contributed by atoms with van der Waals surface area (Å²) in [6, 6.07) is 7.85. The Kier molecular flexibility index (Phi) is 4.55. The average molecular weight is 354 g/mol. The normalized spacial score (nSPS) is 25.3. The van der Waals surface area contributed by atoms with Crippen molar-refractivity contribution in [2.45, 2.75) is 64.5 Å². The fraction of sp³-hybridized carbons (Fsp3) is 0.524. The van der Waals surface area contributed by atoms with Crippen LogP contribution in [-0.4, -0.2) is 16.0 Å². The molecule has 2 N–H and O–H groups in total. The Morgan fingerprint density at radius 3 is 2.62 bits per heavy atom. The Hall–Kier alpha value is -2.17. The summed E-state index contributed by atoms with van der Waals surface area (Å²) in [6.07, 6.45) is 6.78. The van der Waals surface area contributed by atoms with Gasteiger partial charge < -0.3 is 10.6 Å². The van der Waals surface area contributed by atoms with Crippen LogP contribution in [0.3, 0.4) is 0 Å². The molecule has 2 bridgehead atoms. The highest BCUT2D eigenvalue weighted by Crippen LogP contribution is 2.46. The van der Waals surface area contributed by atoms with Crippen LogP contribution in [0.5, 0.6) is 0 Å². The molecule has 2 saturated heterocycles. The van der Waals surface area contributed by atoms with Crippen LogP contribution >= 0.6 is 0 Å². The van der Waals surface area contributed by atoms with Gasteiger partial charge >= 0.3 is 0 Å². The molecule has 1 saturated carbocycles. The summed E-state index contributed by atoms with van der Waals surface area (Å²) >= 11 is 0. The molecule has 138 valence electrons. The maximum atomic E-state index is 14.1. The standard InChI is InChI=1S/C21H27FN4/c1-3-15-6-7-16(22)12-18(15)19-11-14-4-8-17(9-5-14)26(19)20-10-13(2)24-21(23)25-20/h6-7,10,12,14,17,19H,3-5,8-9,11H2,1-2H3,(H2,23,24,25). The summed E-state index contributed by atoms with van der Waals surface area (Å²) < 4.78 is 14.1. The summed E-state index contributed by atoms with van der Waals surface area (Å²) in [4.78, 5) is 11.2. The van der Waals surface area contributed by atoms with Gasteiger partial charge in [0.25, 0.3) is 0 Å². The third-order valence-electron chi connectivity index (χ3n) is 6.07. The monoisotopic (exact) mass is 354 g/mol. The molecule has 3 aliphatic rings. The number of hydrogen-bond donors (Lipinski definition) is 1. The van der Waals surface area contributed by atoms with Crippen molar-refractivity contribution in [3.05, 3.63) is 46.9 Å². The van der Waals surface area contributed by atoms with E-state index in [-0.39, 0.29) is 11.9 Å². The lowest BCUT2D eigenvalue weighted by Crippen LogP contribution is -2.38. The topological polar surface area (TPSA) is 55.0 Å². The molecule has 1 aromatic heterocycles. The smallest absolute Gasteiger partial charge is 0.222 e. The van der Waals surface area contributed by atoms with Gasteiger partial charge in [0, 0.05) is 17.8 Å². The van der Waals surface area contributed by atoms with Crippen LogP contribution in [0.25, 0.3) is 0 Å². The van der Waals surface area contributed by atoms with E-state index in [0.29, 0.717) is 17.9 Å². The highest BCUT2D eigenvalue weighted by molar-refractivity contribution is 5.49. The molecule has 1 unspecified atom stereocenters. The van der Waals surface area contributed by atoms with E-state index in [1.165, 1.54) is 31.2 Å². The number of rotatable bonds is 3. The van der Waals surface area contributed by atoms with E-state index in [2.05, 4.69) is 21.8 Å². The highest BCUT2D eigenvalue weighted by Gasteiger charge is 2.39. The van der Waals surface area contributed by atoms with Crippen LogP contribution in [-0.2, 0) is 6.42 Å². The molecule has 1 aromatic carbocycles. The molecule has 5 heteroatoms. The second kappa shape index (κ2) is 6.86. The maximum Gasteiger partial charge on any atom is 0.222 e. The first-order chi connectivity index (χ1) is 12.5.